The number of carboxylic acids is 1. The fourth-order valence-corrected chi connectivity index (χ4v) is 1.56. The monoisotopic (exact) mass is 231 g/mol. The number of nitrogens with one attached hydrogen (secondary N) is 1. The topological polar surface area (TPSA) is 75.6 Å². The van der Waals surface area contributed by atoms with Crippen LogP contribution >= 0.6 is 0 Å². The molecule has 0 fully saturated rings. The van der Waals surface area contributed by atoms with Crippen LogP contribution in [-0.2, 0) is 14.3 Å². The van der Waals surface area contributed by atoms with E-state index in [1.165, 1.54) is 7.11 Å². The number of carbonyl (C=O) groups excluding carboxylic acids is 1. The fourth-order valence-electron chi connectivity index (χ4n) is 1.56. The quantitative estimate of drug-likeness (QED) is 0.657. The third-order valence-corrected chi connectivity index (χ3v) is 2.78. The van der Waals surface area contributed by atoms with Crippen LogP contribution in [0.15, 0.2) is 0 Å². The molecule has 0 aromatic heterocycles. The van der Waals surface area contributed by atoms with Gasteiger partial charge in [-0.25, -0.2) is 0 Å². The predicted molar refractivity (Wildman–Crippen MR) is 60.2 cm³/mol. The van der Waals surface area contributed by atoms with E-state index in [1.54, 1.807) is 0 Å². The van der Waals surface area contributed by atoms with Crippen molar-refractivity contribution < 1.29 is 19.4 Å². The summed E-state index contributed by atoms with van der Waals surface area (Å²) in [5.74, 6) is -1.05. The van der Waals surface area contributed by atoms with Crippen LogP contribution in [0.2, 0.25) is 0 Å². The van der Waals surface area contributed by atoms with Crippen LogP contribution in [0, 0.1) is 0 Å². The van der Waals surface area contributed by atoms with Crippen LogP contribution in [0.3, 0.4) is 0 Å². The van der Waals surface area contributed by atoms with Gasteiger partial charge in [0.15, 0.2) is 0 Å². The van der Waals surface area contributed by atoms with Gasteiger partial charge in [-0.3, -0.25) is 9.59 Å². The van der Waals surface area contributed by atoms with Crippen molar-refractivity contribution in [2.75, 3.05) is 13.7 Å². The van der Waals surface area contributed by atoms with E-state index in [0.29, 0.717) is 19.4 Å². The average molecular weight is 231 g/mol. The van der Waals surface area contributed by atoms with Gasteiger partial charge in [-0.1, -0.05) is 13.8 Å². The van der Waals surface area contributed by atoms with Gasteiger partial charge in [0.2, 0.25) is 5.91 Å². The second kappa shape index (κ2) is 7.22. The van der Waals surface area contributed by atoms with Crippen molar-refractivity contribution in [2.24, 2.45) is 0 Å². The molecule has 94 valence electrons. The Labute approximate surface area is 96.2 Å². The normalized spacial score (nSPS) is 11.2. The lowest BCUT2D eigenvalue weighted by Gasteiger charge is -2.31. The van der Waals surface area contributed by atoms with Crippen LogP contribution in [0.1, 0.15) is 39.5 Å². The zero-order chi connectivity index (χ0) is 12.6. The molecule has 0 unspecified atom stereocenters. The summed E-state index contributed by atoms with van der Waals surface area (Å²) >= 11 is 0. The Bertz CT molecular complexity index is 236. The maximum atomic E-state index is 11.5. The Morgan fingerprint density at radius 3 is 2.25 bits per heavy atom. The highest BCUT2D eigenvalue weighted by atomic mass is 16.5. The van der Waals surface area contributed by atoms with Gasteiger partial charge >= 0.3 is 5.97 Å². The summed E-state index contributed by atoms with van der Waals surface area (Å²) in [6.45, 7) is 4.11. The van der Waals surface area contributed by atoms with Gasteiger partial charge in [0, 0.05) is 19.1 Å². The highest BCUT2D eigenvalue weighted by Gasteiger charge is 2.30. The summed E-state index contributed by atoms with van der Waals surface area (Å²) in [7, 11) is 1.53. The molecular formula is C11H21NO4. The number of ether oxygens (including phenoxy) is 1. The predicted octanol–water partition coefficient (Wildman–Crippen LogP) is 1.17. The van der Waals surface area contributed by atoms with E-state index in [0.717, 1.165) is 0 Å². The number of hydrogen-bond donors (Lipinski definition) is 2. The number of amides is 1. The zero-order valence-corrected chi connectivity index (χ0v) is 10.2. The highest BCUT2D eigenvalue weighted by molar-refractivity contribution is 5.78. The number of hydrogen-bond acceptors (Lipinski definition) is 3. The first kappa shape index (κ1) is 14.9. The minimum absolute atomic E-state index is 0.0429. The van der Waals surface area contributed by atoms with Gasteiger partial charge in [-0.05, 0) is 12.8 Å². The van der Waals surface area contributed by atoms with Crippen LogP contribution in [0.5, 0.6) is 0 Å². The van der Waals surface area contributed by atoms with Crippen molar-refractivity contribution >= 4 is 11.9 Å². The second-order valence-corrected chi connectivity index (χ2v) is 3.85. The first-order valence-electron chi connectivity index (χ1n) is 5.51. The molecule has 0 radical (unpaired) electrons. The lowest BCUT2D eigenvalue weighted by Crippen LogP contribution is -2.49. The zero-order valence-electron chi connectivity index (χ0n) is 10.2. The number of carboxylic acid groups (broad SMARTS) is 1. The van der Waals surface area contributed by atoms with Crippen LogP contribution in [0.25, 0.3) is 0 Å². The highest BCUT2D eigenvalue weighted by Crippen LogP contribution is 2.19. The van der Waals surface area contributed by atoms with Crippen molar-refractivity contribution in [1.82, 2.24) is 5.32 Å². The van der Waals surface area contributed by atoms with Gasteiger partial charge in [0.1, 0.15) is 0 Å². The summed E-state index contributed by atoms with van der Waals surface area (Å²) < 4.78 is 4.80. The Hall–Kier alpha value is -1.10. The lowest BCUT2D eigenvalue weighted by molar-refractivity contribution is -0.139. The summed E-state index contributed by atoms with van der Waals surface area (Å²) in [5.41, 5.74) is -0.628. The third kappa shape index (κ3) is 5.11. The molecular weight excluding hydrogens is 210 g/mol. The van der Waals surface area contributed by atoms with Crippen molar-refractivity contribution in [3.8, 4) is 0 Å². The lowest BCUT2D eigenvalue weighted by atomic mass is 9.89. The molecule has 2 N–H and O–H groups in total. The summed E-state index contributed by atoms with van der Waals surface area (Å²) in [4.78, 5) is 22.3. The van der Waals surface area contributed by atoms with Crippen molar-refractivity contribution in [3.05, 3.63) is 0 Å². The summed E-state index contributed by atoms with van der Waals surface area (Å²) in [6.07, 6.45) is 1.43. The van der Waals surface area contributed by atoms with E-state index in [4.69, 9.17) is 9.84 Å². The largest absolute Gasteiger partial charge is 0.481 e. The SMILES string of the molecule is CCC(CC)(CC(=O)O)NC(=O)CCOC. The number of carbonyl (C=O) groups is 2. The maximum Gasteiger partial charge on any atom is 0.305 e. The molecule has 0 aliphatic carbocycles. The first-order chi connectivity index (χ1) is 7.49. The fraction of sp³-hybridized carbons (Fsp3) is 0.818. The molecule has 0 saturated heterocycles. The van der Waals surface area contributed by atoms with E-state index in [1.807, 2.05) is 13.8 Å². The standard InChI is InChI=1S/C11H21NO4/c1-4-11(5-2,8-10(14)15)12-9(13)6-7-16-3/h4-8H2,1-3H3,(H,12,13)(H,14,15). The molecule has 5 nitrogen and oxygen atoms in total. The first-order valence-corrected chi connectivity index (χ1v) is 5.51. The van der Waals surface area contributed by atoms with Crippen molar-refractivity contribution in [3.63, 3.8) is 0 Å². The summed E-state index contributed by atoms with van der Waals surface area (Å²) in [6, 6.07) is 0. The van der Waals surface area contributed by atoms with Gasteiger partial charge in [-0.15, -0.1) is 0 Å². The Balaban J connectivity index is 4.41. The molecule has 0 rings (SSSR count). The molecule has 0 aliphatic rings. The van der Waals surface area contributed by atoms with E-state index in [-0.39, 0.29) is 18.7 Å². The third-order valence-electron chi connectivity index (χ3n) is 2.78. The van der Waals surface area contributed by atoms with Gasteiger partial charge in [0.25, 0.3) is 0 Å². The Kier molecular flexibility index (Phi) is 6.72. The second-order valence-electron chi connectivity index (χ2n) is 3.85. The summed E-state index contributed by atoms with van der Waals surface area (Å²) in [5, 5.41) is 11.6. The molecule has 0 aromatic rings. The van der Waals surface area contributed by atoms with E-state index < -0.39 is 11.5 Å². The van der Waals surface area contributed by atoms with Crippen LogP contribution < -0.4 is 5.32 Å². The van der Waals surface area contributed by atoms with Gasteiger partial charge < -0.3 is 15.2 Å². The van der Waals surface area contributed by atoms with Gasteiger partial charge in [-0.2, -0.15) is 0 Å². The molecule has 0 atom stereocenters. The number of rotatable bonds is 8. The average Bonchev–Trinajstić information content (AvgIpc) is 2.24. The molecule has 0 aliphatic heterocycles. The van der Waals surface area contributed by atoms with Gasteiger partial charge in [0.05, 0.1) is 13.0 Å². The minimum Gasteiger partial charge on any atom is -0.481 e. The Morgan fingerprint density at radius 1 is 1.31 bits per heavy atom. The minimum atomic E-state index is -0.893. The molecule has 1 amide bonds. The Morgan fingerprint density at radius 2 is 1.88 bits per heavy atom. The smallest absolute Gasteiger partial charge is 0.305 e. The number of methoxy groups -OCH3 is 1. The van der Waals surface area contributed by atoms with E-state index in [2.05, 4.69) is 5.32 Å². The molecule has 16 heavy (non-hydrogen) atoms. The van der Waals surface area contributed by atoms with Crippen LogP contribution in [-0.4, -0.2) is 36.2 Å². The van der Waals surface area contributed by atoms with E-state index >= 15 is 0 Å². The molecule has 0 heterocycles. The van der Waals surface area contributed by atoms with Crippen molar-refractivity contribution in [2.45, 2.75) is 45.1 Å². The molecule has 5 heteroatoms. The van der Waals surface area contributed by atoms with E-state index in [9.17, 15) is 9.59 Å². The molecule has 0 bridgehead atoms. The molecule has 0 spiro atoms. The number of aliphatic carboxylic acids is 1. The molecule has 0 saturated carbocycles. The van der Waals surface area contributed by atoms with Crippen molar-refractivity contribution in [1.29, 1.82) is 0 Å². The van der Waals surface area contributed by atoms with Crippen LogP contribution in [0.4, 0.5) is 0 Å². The molecule has 0 aromatic carbocycles. The maximum absolute atomic E-state index is 11.5.